The Morgan fingerprint density at radius 3 is 2.50 bits per heavy atom. The third kappa shape index (κ3) is 2.98. The predicted octanol–water partition coefficient (Wildman–Crippen LogP) is 3.08. The predicted molar refractivity (Wildman–Crippen MR) is 112 cm³/mol. The summed E-state index contributed by atoms with van der Waals surface area (Å²) in [6, 6.07) is 10.7. The summed E-state index contributed by atoms with van der Waals surface area (Å²) in [7, 11) is -3.68. The van der Waals surface area contributed by atoms with E-state index in [0.29, 0.717) is 11.7 Å². The molecule has 1 saturated carbocycles. The van der Waals surface area contributed by atoms with Crippen molar-refractivity contribution in [1.29, 1.82) is 0 Å². The number of benzene rings is 1. The summed E-state index contributed by atoms with van der Waals surface area (Å²) in [5, 5.41) is 4.51. The van der Waals surface area contributed by atoms with E-state index >= 15 is 0 Å². The fourth-order valence-corrected chi connectivity index (χ4v) is 6.03. The topological polar surface area (TPSA) is 77.2 Å². The van der Waals surface area contributed by atoms with Gasteiger partial charge in [-0.15, -0.1) is 0 Å². The van der Waals surface area contributed by atoms with Gasteiger partial charge in [-0.25, -0.2) is 12.4 Å². The van der Waals surface area contributed by atoms with Crippen LogP contribution in [0.25, 0.3) is 11.3 Å². The van der Waals surface area contributed by atoms with E-state index in [1.807, 2.05) is 22.7 Å². The van der Waals surface area contributed by atoms with E-state index in [2.05, 4.69) is 5.10 Å². The van der Waals surface area contributed by atoms with Crippen LogP contribution in [-0.4, -0.2) is 46.1 Å². The molecular weight excluding hydrogens is 400 g/mol. The molecule has 1 spiro atoms. The molecule has 30 heavy (non-hydrogen) atoms. The second-order valence-electron chi connectivity index (χ2n) is 8.65. The Hall–Kier alpha value is -2.87. The number of hydrogen-bond acceptors (Lipinski definition) is 4. The van der Waals surface area contributed by atoms with Crippen molar-refractivity contribution in [3.05, 3.63) is 60.6 Å². The average molecular weight is 425 g/mol. The zero-order chi connectivity index (χ0) is 21.1. The minimum atomic E-state index is -3.68. The molecule has 1 aliphatic carbocycles. The first-order chi connectivity index (χ1) is 14.3. The molecule has 0 N–H and O–H groups in total. The van der Waals surface area contributed by atoms with Crippen molar-refractivity contribution in [3.8, 4) is 11.3 Å². The summed E-state index contributed by atoms with van der Waals surface area (Å²) in [6.07, 6.45) is 7.23. The summed E-state index contributed by atoms with van der Waals surface area (Å²) < 4.78 is 29.5. The van der Waals surface area contributed by atoms with Gasteiger partial charge in [0, 0.05) is 43.4 Å². The molecule has 0 unspecified atom stereocenters. The van der Waals surface area contributed by atoms with Gasteiger partial charge in [-0.05, 0) is 44.0 Å². The molecule has 2 aliphatic rings. The Morgan fingerprint density at radius 2 is 1.83 bits per heavy atom. The SMILES string of the molecule is CC(=O)N1CC2(CC(n3cc(-c4cccn4S(=O)(=O)c4ccc(C)cc4)cn3)C2)C1. The Balaban J connectivity index is 1.36. The highest BCUT2D eigenvalue weighted by Crippen LogP contribution is 2.54. The molecule has 156 valence electrons. The highest BCUT2D eigenvalue weighted by molar-refractivity contribution is 7.90. The molecule has 7 nitrogen and oxygen atoms in total. The number of carbonyl (C=O) groups excluding carboxylic acids is 1. The molecule has 2 aromatic heterocycles. The van der Waals surface area contributed by atoms with Gasteiger partial charge in [0.15, 0.2) is 0 Å². The zero-order valence-corrected chi connectivity index (χ0v) is 17.8. The molecule has 0 atom stereocenters. The van der Waals surface area contributed by atoms with Crippen LogP contribution in [0.3, 0.4) is 0 Å². The van der Waals surface area contributed by atoms with Crippen LogP contribution in [0.1, 0.15) is 31.4 Å². The summed E-state index contributed by atoms with van der Waals surface area (Å²) in [6.45, 7) is 5.22. The van der Waals surface area contributed by atoms with Crippen molar-refractivity contribution in [3.63, 3.8) is 0 Å². The van der Waals surface area contributed by atoms with Crippen molar-refractivity contribution >= 4 is 15.9 Å². The standard InChI is InChI=1S/C22H24N4O3S/c1-16-5-7-20(8-6-16)30(28,29)26-9-3-4-21(26)18-12-23-25(13-18)19-10-22(11-19)14-24(15-22)17(2)27/h3-9,12-13,19H,10-11,14-15H2,1-2H3. The minimum Gasteiger partial charge on any atom is -0.342 e. The maximum absolute atomic E-state index is 13.1. The van der Waals surface area contributed by atoms with Crippen LogP contribution in [0.4, 0.5) is 0 Å². The van der Waals surface area contributed by atoms with E-state index in [4.69, 9.17) is 0 Å². The Kier molecular flexibility index (Phi) is 4.18. The second kappa shape index (κ2) is 6.57. The summed E-state index contributed by atoms with van der Waals surface area (Å²) in [5.41, 5.74) is 2.63. The Morgan fingerprint density at radius 1 is 1.13 bits per heavy atom. The normalized spacial score (nSPS) is 18.3. The molecule has 2 fully saturated rings. The van der Waals surface area contributed by atoms with Crippen LogP contribution in [0.15, 0.2) is 59.9 Å². The Labute approximate surface area is 176 Å². The van der Waals surface area contributed by atoms with Crippen molar-refractivity contribution in [2.75, 3.05) is 13.1 Å². The highest BCUT2D eigenvalue weighted by atomic mass is 32.2. The summed E-state index contributed by atoms with van der Waals surface area (Å²) in [5.74, 6) is 0.140. The van der Waals surface area contributed by atoms with Crippen LogP contribution in [-0.2, 0) is 14.8 Å². The van der Waals surface area contributed by atoms with Crippen molar-refractivity contribution in [2.24, 2.45) is 5.41 Å². The lowest BCUT2D eigenvalue weighted by molar-refractivity contribution is -0.151. The maximum Gasteiger partial charge on any atom is 0.268 e. The third-order valence-corrected chi connectivity index (χ3v) is 8.10. The number of nitrogens with zero attached hydrogens (tertiary/aromatic N) is 4. The van der Waals surface area contributed by atoms with Crippen LogP contribution < -0.4 is 0 Å². The fraction of sp³-hybridized carbons (Fsp3) is 0.364. The highest BCUT2D eigenvalue weighted by Gasteiger charge is 2.53. The van der Waals surface area contributed by atoms with Crippen molar-refractivity contribution < 1.29 is 13.2 Å². The number of hydrogen-bond donors (Lipinski definition) is 0. The number of aromatic nitrogens is 3. The zero-order valence-electron chi connectivity index (χ0n) is 17.0. The smallest absolute Gasteiger partial charge is 0.268 e. The van der Waals surface area contributed by atoms with Crippen molar-refractivity contribution in [1.82, 2.24) is 18.7 Å². The molecule has 1 amide bonds. The van der Waals surface area contributed by atoms with Gasteiger partial charge >= 0.3 is 0 Å². The molecule has 3 heterocycles. The number of carbonyl (C=O) groups is 1. The van der Waals surface area contributed by atoms with E-state index in [1.54, 1.807) is 55.7 Å². The molecule has 1 aliphatic heterocycles. The van der Waals surface area contributed by atoms with Gasteiger partial charge in [0.2, 0.25) is 5.91 Å². The van der Waals surface area contributed by atoms with Crippen LogP contribution >= 0.6 is 0 Å². The first-order valence-corrected chi connectivity index (χ1v) is 11.5. The van der Waals surface area contributed by atoms with Crippen molar-refractivity contribution in [2.45, 2.75) is 37.6 Å². The van der Waals surface area contributed by atoms with Crippen LogP contribution in [0.5, 0.6) is 0 Å². The van der Waals surface area contributed by atoms with Gasteiger partial charge in [-0.2, -0.15) is 5.10 Å². The lowest BCUT2D eigenvalue weighted by atomic mass is 9.60. The molecule has 1 aromatic carbocycles. The van der Waals surface area contributed by atoms with Crippen LogP contribution in [0.2, 0.25) is 0 Å². The number of amides is 1. The van der Waals surface area contributed by atoms with E-state index in [-0.39, 0.29) is 16.2 Å². The average Bonchev–Trinajstić information content (AvgIpc) is 3.29. The molecule has 0 bridgehead atoms. The van der Waals surface area contributed by atoms with E-state index < -0.39 is 10.0 Å². The summed E-state index contributed by atoms with van der Waals surface area (Å²) >= 11 is 0. The molecule has 1 saturated heterocycles. The number of likely N-dealkylation sites (tertiary alicyclic amines) is 1. The Bertz CT molecular complexity index is 1210. The lowest BCUT2D eigenvalue weighted by Crippen LogP contribution is -2.63. The number of rotatable bonds is 4. The maximum atomic E-state index is 13.1. The first-order valence-electron chi connectivity index (χ1n) is 10.1. The van der Waals surface area contributed by atoms with Gasteiger partial charge in [0.1, 0.15) is 0 Å². The van der Waals surface area contributed by atoms with Gasteiger partial charge in [-0.3, -0.25) is 9.48 Å². The van der Waals surface area contributed by atoms with E-state index in [1.165, 1.54) is 3.97 Å². The third-order valence-electron chi connectivity index (χ3n) is 6.40. The van der Waals surface area contributed by atoms with Gasteiger partial charge in [-0.1, -0.05) is 17.7 Å². The fourth-order valence-electron chi connectivity index (χ4n) is 4.66. The minimum absolute atomic E-state index is 0.140. The lowest BCUT2D eigenvalue weighted by Gasteiger charge is -2.58. The molecule has 8 heteroatoms. The molecule has 5 rings (SSSR count). The van der Waals surface area contributed by atoms with E-state index in [9.17, 15) is 13.2 Å². The van der Waals surface area contributed by atoms with Gasteiger partial charge in [0.05, 0.1) is 22.8 Å². The second-order valence-corrected chi connectivity index (χ2v) is 10.5. The molecule has 0 radical (unpaired) electrons. The largest absolute Gasteiger partial charge is 0.342 e. The van der Waals surface area contributed by atoms with E-state index in [0.717, 1.165) is 37.1 Å². The summed E-state index contributed by atoms with van der Waals surface area (Å²) in [4.78, 5) is 13.6. The van der Waals surface area contributed by atoms with Crippen LogP contribution in [0, 0.1) is 12.3 Å². The monoisotopic (exact) mass is 424 g/mol. The van der Waals surface area contributed by atoms with Gasteiger partial charge < -0.3 is 4.90 Å². The molecule has 3 aromatic rings. The first kappa shape index (κ1) is 19.1. The quantitative estimate of drug-likeness (QED) is 0.645. The van der Waals surface area contributed by atoms with Gasteiger partial charge in [0.25, 0.3) is 10.0 Å². The molecular formula is C22H24N4O3S. The number of aryl methyl sites for hydroxylation is 1.